The number of nitrogens with zero attached hydrogens (tertiary/aromatic N) is 4. The summed E-state index contributed by atoms with van der Waals surface area (Å²) < 4.78 is 5.57. The zero-order valence-electron chi connectivity index (χ0n) is 12.1. The van der Waals surface area contributed by atoms with E-state index in [0.29, 0.717) is 11.9 Å². The highest BCUT2D eigenvalue weighted by Crippen LogP contribution is 2.36. The van der Waals surface area contributed by atoms with Crippen LogP contribution in [0.15, 0.2) is 29.0 Å². The third-order valence-corrected chi connectivity index (χ3v) is 4.47. The summed E-state index contributed by atoms with van der Waals surface area (Å²) in [6, 6.07) is 4.14. The largest absolute Gasteiger partial charge is 0.337 e. The van der Waals surface area contributed by atoms with E-state index in [1.54, 1.807) is 12.4 Å². The summed E-state index contributed by atoms with van der Waals surface area (Å²) in [6.07, 6.45) is 9.94. The lowest BCUT2D eigenvalue weighted by molar-refractivity contribution is 0.113. The summed E-state index contributed by atoms with van der Waals surface area (Å²) >= 11 is 0. The van der Waals surface area contributed by atoms with Crippen LogP contribution < -0.4 is 0 Å². The van der Waals surface area contributed by atoms with Crippen molar-refractivity contribution in [3.8, 4) is 11.4 Å². The smallest absolute Gasteiger partial charge is 0.244 e. The summed E-state index contributed by atoms with van der Waals surface area (Å²) in [7, 11) is 0. The molecule has 1 aliphatic carbocycles. The first-order chi connectivity index (χ1) is 10.4. The standard InChI is InChI=1S/C16H20N4O/c1-2-10-20(11-12-4-5-12)14(3-1)16-18-15(19-21-16)13-6-8-17-9-7-13/h6-9,12,14H,1-5,10-11H2. The van der Waals surface area contributed by atoms with Gasteiger partial charge in [0.15, 0.2) is 0 Å². The average Bonchev–Trinajstić information content (AvgIpc) is 3.22. The number of hydrogen-bond donors (Lipinski definition) is 0. The second kappa shape index (κ2) is 5.56. The first-order valence-corrected chi connectivity index (χ1v) is 7.88. The van der Waals surface area contributed by atoms with E-state index >= 15 is 0 Å². The maximum atomic E-state index is 5.57. The quantitative estimate of drug-likeness (QED) is 0.863. The summed E-state index contributed by atoms with van der Waals surface area (Å²) in [6.45, 7) is 2.35. The fourth-order valence-electron chi connectivity index (χ4n) is 3.11. The van der Waals surface area contributed by atoms with Crippen LogP contribution in [0.2, 0.25) is 0 Å². The van der Waals surface area contributed by atoms with Crippen molar-refractivity contribution in [1.82, 2.24) is 20.0 Å². The molecule has 0 amide bonds. The fourth-order valence-corrected chi connectivity index (χ4v) is 3.11. The number of rotatable bonds is 4. The van der Waals surface area contributed by atoms with Gasteiger partial charge in [0.05, 0.1) is 6.04 Å². The summed E-state index contributed by atoms with van der Waals surface area (Å²) in [5.74, 6) is 2.35. The van der Waals surface area contributed by atoms with Crippen molar-refractivity contribution in [2.45, 2.75) is 38.1 Å². The first kappa shape index (κ1) is 13.0. The molecule has 1 unspecified atom stereocenters. The predicted molar refractivity (Wildman–Crippen MR) is 78.4 cm³/mol. The van der Waals surface area contributed by atoms with E-state index in [2.05, 4.69) is 20.0 Å². The van der Waals surface area contributed by atoms with Crippen molar-refractivity contribution in [3.63, 3.8) is 0 Å². The van der Waals surface area contributed by atoms with E-state index < -0.39 is 0 Å². The highest BCUT2D eigenvalue weighted by Gasteiger charge is 2.33. The fraction of sp³-hybridized carbons (Fsp3) is 0.562. The molecule has 4 rings (SSSR count). The molecule has 0 radical (unpaired) electrons. The Morgan fingerprint density at radius 3 is 2.81 bits per heavy atom. The molecule has 0 bridgehead atoms. The van der Waals surface area contributed by atoms with Crippen molar-refractivity contribution in [2.24, 2.45) is 5.92 Å². The van der Waals surface area contributed by atoms with Gasteiger partial charge in [0.25, 0.3) is 0 Å². The van der Waals surface area contributed by atoms with Gasteiger partial charge in [-0.3, -0.25) is 9.88 Å². The number of likely N-dealkylation sites (tertiary alicyclic amines) is 1. The van der Waals surface area contributed by atoms with Gasteiger partial charge >= 0.3 is 0 Å². The van der Waals surface area contributed by atoms with Crippen LogP contribution in [0.5, 0.6) is 0 Å². The number of piperidine rings is 1. The van der Waals surface area contributed by atoms with Gasteiger partial charge in [-0.15, -0.1) is 0 Å². The maximum Gasteiger partial charge on any atom is 0.244 e. The van der Waals surface area contributed by atoms with Crippen molar-refractivity contribution < 1.29 is 4.52 Å². The maximum absolute atomic E-state index is 5.57. The van der Waals surface area contributed by atoms with Crippen molar-refractivity contribution in [3.05, 3.63) is 30.4 Å². The molecule has 3 heterocycles. The van der Waals surface area contributed by atoms with Gasteiger partial charge in [-0.1, -0.05) is 11.6 Å². The van der Waals surface area contributed by atoms with Crippen LogP contribution in [0.25, 0.3) is 11.4 Å². The number of pyridine rings is 1. The SMILES string of the molecule is c1cc(-c2noc(C3CCCCN3CC3CC3)n2)ccn1. The molecule has 0 spiro atoms. The number of hydrogen-bond acceptors (Lipinski definition) is 5. The molecule has 21 heavy (non-hydrogen) atoms. The van der Waals surface area contributed by atoms with E-state index in [1.807, 2.05) is 12.1 Å². The number of aromatic nitrogens is 3. The lowest BCUT2D eigenvalue weighted by atomic mass is 10.0. The van der Waals surface area contributed by atoms with Crippen LogP contribution in [-0.4, -0.2) is 33.1 Å². The van der Waals surface area contributed by atoms with Gasteiger partial charge in [-0.2, -0.15) is 4.98 Å². The van der Waals surface area contributed by atoms with Crippen LogP contribution in [0.3, 0.4) is 0 Å². The Kier molecular flexibility index (Phi) is 3.43. The van der Waals surface area contributed by atoms with E-state index in [9.17, 15) is 0 Å². The Morgan fingerprint density at radius 1 is 1.14 bits per heavy atom. The van der Waals surface area contributed by atoms with Crippen LogP contribution in [0.1, 0.15) is 44.0 Å². The molecular formula is C16H20N4O. The molecule has 0 N–H and O–H groups in total. The molecule has 2 aromatic heterocycles. The van der Waals surface area contributed by atoms with Gasteiger partial charge in [0.2, 0.25) is 11.7 Å². The van der Waals surface area contributed by atoms with Crippen molar-refractivity contribution in [2.75, 3.05) is 13.1 Å². The second-order valence-corrected chi connectivity index (χ2v) is 6.14. The minimum atomic E-state index is 0.308. The van der Waals surface area contributed by atoms with E-state index in [4.69, 9.17) is 4.52 Å². The first-order valence-electron chi connectivity index (χ1n) is 7.88. The Hall–Kier alpha value is -1.75. The molecule has 1 saturated carbocycles. The summed E-state index contributed by atoms with van der Waals surface area (Å²) in [5, 5.41) is 4.15. The van der Waals surface area contributed by atoms with Crippen LogP contribution in [0.4, 0.5) is 0 Å². The van der Waals surface area contributed by atoms with Crippen LogP contribution >= 0.6 is 0 Å². The van der Waals surface area contributed by atoms with Crippen LogP contribution in [0, 0.1) is 5.92 Å². The van der Waals surface area contributed by atoms with Crippen molar-refractivity contribution in [1.29, 1.82) is 0 Å². The highest BCUT2D eigenvalue weighted by molar-refractivity contribution is 5.52. The molecule has 2 aromatic rings. The molecule has 2 fully saturated rings. The molecule has 2 aliphatic rings. The minimum absolute atomic E-state index is 0.308. The second-order valence-electron chi connectivity index (χ2n) is 6.14. The molecule has 110 valence electrons. The van der Waals surface area contributed by atoms with E-state index in [0.717, 1.165) is 30.3 Å². The zero-order chi connectivity index (χ0) is 14.1. The van der Waals surface area contributed by atoms with Gasteiger partial charge in [0.1, 0.15) is 0 Å². The molecule has 5 nitrogen and oxygen atoms in total. The monoisotopic (exact) mass is 284 g/mol. The zero-order valence-corrected chi connectivity index (χ0v) is 12.1. The van der Waals surface area contributed by atoms with E-state index in [1.165, 1.54) is 32.2 Å². The Bertz CT molecular complexity index is 593. The summed E-state index contributed by atoms with van der Waals surface area (Å²) in [5.41, 5.74) is 0.963. The third kappa shape index (κ3) is 2.83. The molecular weight excluding hydrogens is 264 g/mol. The molecule has 0 aromatic carbocycles. The minimum Gasteiger partial charge on any atom is -0.337 e. The van der Waals surface area contributed by atoms with Gasteiger partial charge in [-0.05, 0) is 50.3 Å². The Morgan fingerprint density at radius 2 is 2.00 bits per heavy atom. The average molecular weight is 284 g/mol. The van der Waals surface area contributed by atoms with Gasteiger partial charge in [0, 0.05) is 24.5 Å². The molecule has 1 atom stereocenters. The summed E-state index contributed by atoms with van der Waals surface area (Å²) in [4.78, 5) is 11.2. The highest BCUT2D eigenvalue weighted by atomic mass is 16.5. The van der Waals surface area contributed by atoms with Gasteiger partial charge < -0.3 is 4.52 Å². The van der Waals surface area contributed by atoms with Gasteiger partial charge in [-0.25, -0.2) is 0 Å². The normalized spacial score (nSPS) is 23.3. The molecule has 1 saturated heterocycles. The Balaban J connectivity index is 1.55. The van der Waals surface area contributed by atoms with Crippen molar-refractivity contribution >= 4 is 0 Å². The van der Waals surface area contributed by atoms with E-state index in [-0.39, 0.29) is 0 Å². The lowest BCUT2D eigenvalue weighted by Crippen LogP contribution is -2.35. The predicted octanol–water partition coefficient (Wildman–Crippen LogP) is 3.07. The lowest BCUT2D eigenvalue weighted by Gasteiger charge is -2.33. The third-order valence-electron chi connectivity index (χ3n) is 4.47. The van der Waals surface area contributed by atoms with Crippen LogP contribution in [-0.2, 0) is 0 Å². The molecule has 1 aliphatic heterocycles. The topological polar surface area (TPSA) is 55.1 Å². The Labute approximate surface area is 124 Å². The molecule has 5 heteroatoms.